The highest BCUT2D eigenvalue weighted by atomic mass is 16.3. The van der Waals surface area contributed by atoms with E-state index in [2.05, 4.69) is 17.2 Å². The second-order valence-electron chi connectivity index (χ2n) is 9.80. The summed E-state index contributed by atoms with van der Waals surface area (Å²) in [5, 5.41) is 13.7. The van der Waals surface area contributed by atoms with Gasteiger partial charge in [-0.05, 0) is 37.0 Å². The van der Waals surface area contributed by atoms with Gasteiger partial charge >= 0.3 is 0 Å². The summed E-state index contributed by atoms with van der Waals surface area (Å²) in [5.74, 6) is -0.353. The minimum atomic E-state index is -1.08. The van der Waals surface area contributed by atoms with Gasteiger partial charge < -0.3 is 15.3 Å². The third-order valence-electron chi connectivity index (χ3n) is 6.87. The third kappa shape index (κ3) is 11.0. The van der Waals surface area contributed by atoms with E-state index >= 15 is 0 Å². The number of aliphatic hydroxyl groups excluding tert-OH is 1. The van der Waals surface area contributed by atoms with E-state index in [1.807, 2.05) is 0 Å². The van der Waals surface area contributed by atoms with Gasteiger partial charge in [-0.15, -0.1) is 0 Å². The van der Waals surface area contributed by atoms with E-state index in [1.165, 1.54) is 64.2 Å². The average molecular weight is 474 g/mol. The van der Waals surface area contributed by atoms with Gasteiger partial charge in [0.15, 0.2) is 0 Å². The van der Waals surface area contributed by atoms with Crippen molar-refractivity contribution >= 4 is 11.8 Å². The number of rotatable bonds is 18. The number of aliphatic hydroxyl groups is 1. The van der Waals surface area contributed by atoms with E-state index in [4.69, 9.17) is 0 Å². The molecule has 1 aliphatic heterocycles. The van der Waals surface area contributed by atoms with Crippen LogP contribution in [0, 0.1) is 0 Å². The number of aromatic nitrogens is 1. The number of nitrogens with one attached hydrogen (secondary N) is 1. The van der Waals surface area contributed by atoms with Crippen LogP contribution in [0.1, 0.15) is 121 Å². The van der Waals surface area contributed by atoms with Crippen LogP contribution in [-0.4, -0.2) is 45.9 Å². The third-order valence-corrected chi connectivity index (χ3v) is 6.87. The van der Waals surface area contributed by atoms with Crippen molar-refractivity contribution in [3.63, 3.8) is 0 Å². The number of amides is 2. The summed E-state index contributed by atoms with van der Waals surface area (Å²) >= 11 is 0. The van der Waals surface area contributed by atoms with Crippen molar-refractivity contribution in [2.24, 2.45) is 0 Å². The molecule has 1 saturated heterocycles. The Kier molecular flexibility index (Phi) is 14.5. The van der Waals surface area contributed by atoms with Crippen LogP contribution < -0.4 is 5.32 Å². The molecule has 0 bridgehead atoms. The Balaban J connectivity index is 1.63. The molecule has 2 rings (SSSR count). The lowest BCUT2D eigenvalue weighted by atomic mass is 10.0. The van der Waals surface area contributed by atoms with Gasteiger partial charge in [0, 0.05) is 31.9 Å². The molecule has 1 aliphatic rings. The van der Waals surface area contributed by atoms with Gasteiger partial charge in [0.05, 0.1) is 0 Å². The maximum Gasteiger partial charge on any atom is 0.248 e. The predicted molar refractivity (Wildman–Crippen MR) is 137 cm³/mol. The van der Waals surface area contributed by atoms with E-state index in [0.29, 0.717) is 25.1 Å². The smallest absolute Gasteiger partial charge is 0.248 e. The van der Waals surface area contributed by atoms with Crippen LogP contribution in [0.15, 0.2) is 24.5 Å². The summed E-state index contributed by atoms with van der Waals surface area (Å²) < 4.78 is 0. The van der Waals surface area contributed by atoms with E-state index < -0.39 is 12.1 Å². The van der Waals surface area contributed by atoms with Crippen LogP contribution in [-0.2, 0) is 9.59 Å². The zero-order chi connectivity index (χ0) is 24.4. The lowest BCUT2D eigenvalue weighted by Crippen LogP contribution is -2.51. The minimum absolute atomic E-state index is 0.159. The number of nitrogens with zero attached hydrogens (tertiary/aromatic N) is 2. The Labute approximate surface area is 206 Å². The Morgan fingerprint density at radius 3 is 1.91 bits per heavy atom. The molecule has 0 aromatic carbocycles. The van der Waals surface area contributed by atoms with Crippen LogP contribution in [0.25, 0.3) is 0 Å². The first-order chi connectivity index (χ1) is 16.6. The second kappa shape index (κ2) is 17.5. The molecule has 2 heterocycles. The maximum atomic E-state index is 13.0. The molecule has 1 aromatic heterocycles. The molecule has 6 heteroatoms. The summed E-state index contributed by atoms with van der Waals surface area (Å²) in [6.45, 7) is 3.63. The van der Waals surface area contributed by atoms with Crippen molar-refractivity contribution < 1.29 is 14.7 Å². The average Bonchev–Trinajstić information content (AvgIpc) is 3.40. The zero-order valence-electron chi connectivity index (χ0n) is 21.4. The molecule has 1 aromatic rings. The van der Waals surface area contributed by atoms with Crippen molar-refractivity contribution in [2.75, 3.05) is 13.1 Å². The first-order valence-electron chi connectivity index (χ1n) is 13.8. The number of hydrogen-bond donors (Lipinski definition) is 2. The Morgan fingerprint density at radius 1 is 0.882 bits per heavy atom. The molecule has 2 N–H and O–H groups in total. The number of hydrogen-bond acceptors (Lipinski definition) is 4. The maximum absolute atomic E-state index is 13.0. The van der Waals surface area contributed by atoms with Gasteiger partial charge in [0.2, 0.25) is 11.8 Å². The van der Waals surface area contributed by atoms with Gasteiger partial charge in [-0.3, -0.25) is 14.6 Å². The molecule has 34 heavy (non-hydrogen) atoms. The molecular formula is C28H47N3O3. The minimum Gasteiger partial charge on any atom is -0.386 e. The van der Waals surface area contributed by atoms with Crippen LogP contribution >= 0.6 is 0 Å². The van der Waals surface area contributed by atoms with Crippen molar-refractivity contribution in [2.45, 2.75) is 122 Å². The van der Waals surface area contributed by atoms with Crippen molar-refractivity contribution in [3.05, 3.63) is 30.1 Å². The van der Waals surface area contributed by atoms with Crippen LogP contribution in [0.4, 0.5) is 0 Å². The molecule has 192 valence electrons. The fourth-order valence-corrected chi connectivity index (χ4v) is 4.71. The number of pyridine rings is 1. The molecule has 2 atom stereocenters. The number of carbonyl (C=O) groups excluding carboxylic acids is 2. The summed E-state index contributed by atoms with van der Waals surface area (Å²) in [7, 11) is 0. The van der Waals surface area contributed by atoms with Gasteiger partial charge in [-0.25, -0.2) is 0 Å². The van der Waals surface area contributed by atoms with Crippen LogP contribution in [0.2, 0.25) is 0 Å². The first-order valence-corrected chi connectivity index (χ1v) is 13.8. The van der Waals surface area contributed by atoms with E-state index in [9.17, 15) is 14.7 Å². The molecule has 0 radical (unpaired) electrons. The Morgan fingerprint density at radius 2 is 1.38 bits per heavy atom. The van der Waals surface area contributed by atoms with Gasteiger partial charge in [0.1, 0.15) is 12.1 Å². The van der Waals surface area contributed by atoms with E-state index in [-0.39, 0.29) is 11.8 Å². The Bertz CT molecular complexity index is 677. The van der Waals surface area contributed by atoms with Crippen LogP contribution in [0.5, 0.6) is 0 Å². The highest BCUT2D eigenvalue weighted by molar-refractivity contribution is 5.88. The molecule has 0 spiro atoms. The molecular weight excluding hydrogens is 426 g/mol. The van der Waals surface area contributed by atoms with Crippen LogP contribution in [0.3, 0.4) is 0 Å². The summed E-state index contributed by atoms with van der Waals surface area (Å²) in [5.41, 5.74) is 0.591. The Hall–Kier alpha value is -1.95. The topological polar surface area (TPSA) is 82.5 Å². The monoisotopic (exact) mass is 473 g/mol. The normalized spacial score (nSPS) is 15.3. The van der Waals surface area contributed by atoms with Gasteiger partial charge in [-0.2, -0.15) is 0 Å². The predicted octanol–water partition coefficient (Wildman–Crippen LogP) is 5.70. The number of likely N-dealkylation sites (tertiary alicyclic amines) is 1. The van der Waals surface area contributed by atoms with E-state index in [1.54, 1.807) is 29.4 Å². The van der Waals surface area contributed by atoms with Crippen molar-refractivity contribution in [1.29, 1.82) is 0 Å². The molecule has 6 nitrogen and oxygen atoms in total. The van der Waals surface area contributed by atoms with Crippen molar-refractivity contribution in [1.82, 2.24) is 15.2 Å². The van der Waals surface area contributed by atoms with Crippen molar-refractivity contribution in [3.8, 4) is 0 Å². The largest absolute Gasteiger partial charge is 0.386 e. The molecule has 2 amide bonds. The second-order valence-corrected chi connectivity index (χ2v) is 9.80. The molecule has 0 saturated carbocycles. The number of unbranched alkanes of at least 4 members (excludes halogenated alkanes) is 12. The zero-order valence-corrected chi connectivity index (χ0v) is 21.4. The summed E-state index contributed by atoms with van der Waals surface area (Å²) in [6.07, 6.45) is 20.8. The van der Waals surface area contributed by atoms with Gasteiger partial charge in [0.25, 0.3) is 0 Å². The molecule has 1 unspecified atom stereocenters. The first kappa shape index (κ1) is 28.3. The SMILES string of the molecule is CCCCCCCCCCCCCCCC(=O)N[C@@H](C(=O)N1CCCC1)C(O)c1ccncc1. The molecule has 0 aliphatic carbocycles. The van der Waals surface area contributed by atoms with Gasteiger partial charge in [-0.1, -0.05) is 84.0 Å². The lowest BCUT2D eigenvalue weighted by molar-refractivity contribution is -0.139. The number of carbonyl (C=O) groups is 2. The molecule has 1 fully saturated rings. The lowest BCUT2D eigenvalue weighted by Gasteiger charge is -2.28. The standard InChI is InChI=1S/C28H47N3O3/c1-2-3-4-5-6-7-8-9-10-11-12-13-14-17-25(32)30-26(28(34)31-22-15-16-23-31)27(33)24-18-20-29-21-19-24/h18-21,26-27,33H,2-17,22-23H2,1H3,(H,30,32)/t26-,27?/m1/s1. The summed E-state index contributed by atoms with van der Waals surface area (Å²) in [4.78, 5) is 31.4. The van der Waals surface area contributed by atoms with E-state index in [0.717, 1.165) is 32.1 Å². The summed E-state index contributed by atoms with van der Waals surface area (Å²) in [6, 6.07) is 2.43. The quantitative estimate of drug-likeness (QED) is 0.268. The highest BCUT2D eigenvalue weighted by Crippen LogP contribution is 2.20. The fourth-order valence-electron chi connectivity index (χ4n) is 4.71. The highest BCUT2D eigenvalue weighted by Gasteiger charge is 2.33. The fraction of sp³-hybridized carbons (Fsp3) is 0.750.